The van der Waals surface area contributed by atoms with Crippen LogP contribution in [0.5, 0.6) is 0 Å². The summed E-state index contributed by atoms with van der Waals surface area (Å²) in [6.07, 6.45) is 1.44. The van der Waals surface area contributed by atoms with Crippen molar-refractivity contribution >= 4 is 21.1 Å². The maximum atomic E-state index is 11.8. The molecule has 0 saturated carbocycles. The van der Waals surface area contributed by atoms with Crippen molar-refractivity contribution in [3.8, 4) is 0 Å². The maximum Gasteiger partial charge on any atom is 0.417 e. The molecule has 17 heavy (non-hydrogen) atoms. The summed E-state index contributed by atoms with van der Waals surface area (Å²) in [5.74, 6) is -0.617. The lowest BCUT2D eigenvalue weighted by Crippen LogP contribution is -2.23. The van der Waals surface area contributed by atoms with E-state index in [4.69, 9.17) is 4.42 Å². The molecule has 2 rings (SSSR count). The summed E-state index contributed by atoms with van der Waals surface area (Å²) in [4.78, 5) is 13.4. The fraction of sp³-hybridized carbons (Fsp3) is 0.100. The van der Waals surface area contributed by atoms with Gasteiger partial charge >= 0.3 is 5.76 Å². The topological polar surface area (TPSA) is 92.2 Å². The lowest BCUT2D eigenvalue weighted by Gasteiger charge is -2.03. The van der Waals surface area contributed by atoms with Crippen LogP contribution in [0.15, 0.2) is 45.0 Å². The molecule has 0 unspecified atom stereocenters. The number of hydrogen-bond acceptors (Lipinski definition) is 4. The van der Waals surface area contributed by atoms with Crippen molar-refractivity contribution in [2.24, 2.45) is 0 Å². The minimum absolute atomic E-state index is 0.0592. The smallest absolute Gasteiger partial charge is 0.408 e. The van der Waals surface area contributed by atoms with Gasteiger partial charge in [0.25, 0.3) is 0 Å². The van der Waals surface area contributed by atoms with Crippen molar-refractivity contribution in [2.75, 3.05) is 6.54 Å². The van der Waals surface area contributed by atoms with Crippen LogP contribution < -0.4 is 10.5 Å². The molecular weight excluding hydrogens is 244 g/mol. The molecule has 1 heterocycles. The number of H-pyrrole nitrogens is 1. The summed E-state index contributed by atoms with van der Waals surface area (Å²) in [6, 6.07) is 4.13. The summed E-state index contributed by atoms with van der Waals surface area (Å²) in [7, 11) is -3.59. The standard InChI is InChI=1S/C10H10N2O4S/c1-2-5-11-17(14,15)7-3-4-9-8(6-7)12-10(13)16-9/h2-4,6,11H,1,5H2,(H,12,13). The minimum Gasteiger partial charge on any atom is -0.408 e. The van der Waals surface area contributed by atoms with Crippen molar-refractivity contribution in [2.45, 2.75) is 4.90 Å². The molecule has 0 amide bonds. The van der Waals surface area contributed by atoms with Crippen LogP contribution in [0.25, 0.3) is 11.1 Å². The van der Waals surface area contributed by atoms with Gasteiger partial charge in [0.05, 0.1) is 10.4 Å². The van der Waals surface area contributed by atoms with E-state index in [9.17, 15) is 13.2 Å². The molecule has 1 aromatic carbocycles. The first kappa shape index (κ1) is 11.6. The van der Waals surface area contributed by atoms with Crippen LogP contribution in [0.3, 0.4) is 0 Å². The van der Waals surface area contributed by atoms with Gasteiger partial charge in [-0.3, -0.25) is 4.98 Å². The van der Waals surface area contributed by atoms with Gasteiger partial charge in [-0.15, -0.1) is 6.58 Å². The average molecular weight is 254 g/mol. The number of oxazole rings is 1. The van der Waals surface area contributed by atoms with Crippen LogP contribution in [0.4, 0.5) is 0 Å². The molecule has 2 aromatic rings. The van der Waals surface area contributed by atoms with Gasteiger partial charge in [-0.1, -0.05) is 6.08 Å². The minimum atomic E-state index is -3.59. The Labute approximate surface area is 97.0 Å². The zero-order valence-corrected chi connectivity index (χ0v) is 9.58. The number of hydrogen-bond donors (Lipinski definition) is 2. The van der Waals surface area contributed by atoms with Crippen molar-refractivity contribution < 1.29 is 12.8 Å². The Bertz CT molecular complexity index is 711. The summed E-state index contributed by atoms with van der Waals surface area (Å²) in [5.41, 5.74) is 0.661. The van der Waals surface area contributed by atoms with E-state index in [0.717, 1.165) is 0 Å². The largest absolute Gasteiger partial charge is 0.417 e. The predicted molar refractivity (Wildman–Crippen MR) is 62.2 cm³/mol. The molecule has 0 radical (unpaired) electrons. The molecule has 0 spiro atoms. The number of aromatic amines is 1. The molecule has 0 atom stereocenters. The van der Waals surface area contributed by atoms with Gasteiger partial charge < -0.3 is 4.42 Å². The Morgan fingerprint density at radius 1 is 1.47 bits per heavy atom. The van der Waals surface area contributed by atoms with Crippen molar-refractivity contribution in [1.82, 2.24) is 9.71 Å². The fourth-order valence-electron chi connectivity index (χ4n) is 1.35. The van der Waals surface area contributed by atoms with Gasteiger partial charge in [-0.25, -0.2) is 17.9 Å². The zero-order chi connectivity index (χ0) is 12.5. The van der Waals surface area contributed by atoms with Crippen LogP contribution in [0.2, 0.25) is 0 Å². The Morgan fingerprint density at radius 3 is 2.94 bits per heavy atom. The number of rotatable bonds is 4. The third-order valence-corrected chi connectivity index (χ3v) is 3.54. The van der Waals surface area contributed by atoms with Gasteiger partial charge in [0.2, 0.25) is 10.0 Å². The third-order valence-electron chi connectivity index (χ3n) is 2.12. The Morgan fingerprint density at radius 2 is 2.24 bits per heavy atom. The second-order valence-corrected chi connectivity index (χ2v) is 5.08. The van der Waals surface area contributed by atoms with E-state index in [1.165, 1.54) is 24.3 Å². The van der Waals surface area contributed by atoms with E-state index in [1.807, 2.05) is 0 Å². The molecule has 0 fully saturated rings. The Hall–Kier alpha value is -1.86. The highest BCUT2D eigenvalue weighted by Gasteiger charge is 2.14. The van der Waals surface area contributed by atoms with Crippen LogP contribution in [-0.4, -0.2) is 19.9 Å². The van der Waals surface area contributed by atoms with Crippen LogP contribution in [0, 0.1) is 0 Å². The van der Waals surface area contributed by atoms with E-state index in [-0.39, 0.29) is 11.4 Å². The zero-order valence-electron chi connectivity index (χ0n) is 8.76. The van der Waals surface area contributed by atoms with Crippen LogP contribution >= 0.6 is 0 Å². The summed E-state index contributed by atoms with van der Waals surface area (Å²) in [5, 5.41) is 0. The SMILES string of the molecule is C=CCNS(=O)(=O)c1ccc2oc(=O)[nH]c2c1. The number of benzene rings is 1. The number of aromatic nitrogens is 1. The number of sulfonamides is 1. The first-order valence-electron chi connectivity index (χ1n) is 4.76. The van der Waals surface area contributed by atoms with E-state index in [0.29, 0.717) is 11.1 Å². The Kier molecular flexibility index (Phi) is 2.86. The average Bonchev–Trinajstić information content (AvgIpc) is 2.65. The number of nitrogens with one attached hydrogen (secondary N) is 2. The molecule has 0 bridgehead atoms. The molecule has 7 heteroatoms. The fourth-order valence-corrected chi connectivity index (χ4v) is 2.37. The molecular formula is C10H10N2O4S. The first-order valence-corrected chi connectivity index (χ1v) is 6.25. The monoisotopic (exact) mass is 254 g/mol. The summed E-state index contributed by atoms with van der Waals surface area (Å²) in [6.45, 7) is 3.56. The molecule has 2 N–H and O–H groups in total. The molecule has 0 saturated heterocycles. The lowest BCUT2D eigenvalue weighted by atomic mass is 10.3. The van der Waals surface area contributed by atoms with E-state index < -0.39 is 15.8 Å². The second kappa shape index (κ2) is 4.19. The van der Waals surface area contributed by atoms with Crippen molar-refractivity contribution in [1.29, 1.82) is 0 Å². The quantitative estimate of drug-likeness (QED) is 0.781. The third kappa shape index (κ3) is 2.29. The van der Waals surface area contributed by atoms with Crippen molar-refractivity contribution in [3.63, 3.8) is 0 Å². The van der Waals surface area contributed by atoms with Crippen LogP contribution in [0.1, 0.15) is 0 Å². The highest BCUT2D eigenvalue weighted by molar-refractivity contribution is 7.89. The second-order valence-electron chi connectivity index (χ2n) is 3.31. The molecule has 1 aromatic heterocycles. The maximum absolute atomic E-state index is 11.8. The van der Waals surface area contributed by atoms with Gasteiger partial charge in [-0.2, -0.15) is 0 Å². The van der Waals surface area contributed by atoms with E-state index in [1.54, 1.807) is 0 Å². The molecule has 0 aliphatic heterocycles. The van der Waals surface area contributed by atoms with Gasteiger partial charge in [-0.05, 0) is 18.2 Å². The summed E-state index contributed by atoms with van der Waals surface area (Å²) < 4.78 is 30.6. The van der Waals surface area contributed by atoms with Gasteiger partial charge in [0, 0.05) is 6.54 Å². The Balaban J connectivity index is 2.48. The predicted octanol–water partition coefficient (Wildman–Crippen LogP) is 0.585. The molecule has 0 aliphatic rings. The molecule has 0 aliphatic carbocycles. The summed E-state index contributed by atoms with van der Waals surface area (Å²) >= 11 is 0. The highest BCUT2D eigenvalue weighted by atomic mass is 32.2. The van der Waals surface area contributed by atoms with Crippen molar-refractivity contribution in [3.05, 3.63) is 41.4 Å². The molecule has 90 valence electrons. The number of fused-ring (bicyclic) bond motifs is 1. The van der Waals surface area contributed by atoms with Gasteiger partial charge in [0.1, 0.15) is 0 Å². The molecule has 6 nitrogen and oxygen atoms in total. The normalized spacial score (nSPS) is 11.8. The van der Waals surface area contributed by atoms with Gasteiger partial charge in [0.15, 0.2) is 5.58 Å². The van der Waals surface area contributed by atoms with Crippen LogP contribution in [-0.2, 0) is 10.0 Å². The lowest BCUT2D eigenvalue weighted by molar-refractivity contribution is 0.555. The first-order chi connectivity index (χ1) is 8.03. The highest BCUT2D eigenvalue weighted by Crippen LogP contribution is 2.15. The van der Waals surface area contributed by atoms with E-state index in [2.05, 4.69) is 16.3 Å². The van der Waals surface area contributed by atoms with E-state index >= 15 is 0 Å².